The molecule has 1 heterocycles. The molecular weight excluding hydrogens is 450 g/mol. The standard InChI is InChI=1S/C31H33NO4/c1-5-35-25-15-13-24(14-16-25)28-20-36-30-19-29(34-4)26(18-27(28)30)21(2)17-31(33)32-22(3)11-12-23-9-7-6-8-10-23/h6-10,13-20,22H,5,11-12H2,1-4H3,(H,32,33)/b21-17+. The molecule has 0 aliphatic heterocycles. The lowest BCUT2D eigenvalue weighted by molar-refractivity contribution is -0.117. The van der Waals surface area contributed by atoms with E-state index in [4.69, 9.17) is 13.9 Å². The molecule has 0 bridgehead atoms. The average molecular weight is 484 g/mol. The second kappa shape index (κ2) is 11.6. The van der Waals surface area contributed by atoms with Crippen molar-refractivity contribution < 1.29 is 18.7 Å². The molecule has 4 rings (SSSR count). The van der Waals surface area contributed by atoms with E-state index in [0.717, 1.165) is 51.8 Å². The molecule has 0 saturated heterocycles. The summed E-state index contributed by atoms with van der Waals surface area (Å²) in [5, 5.41) is 4.04. The van der Waals surface area contributed by atoms with Gasteiger partial charge < -0.3 is 19.2 Å². The fraction of sp³-hybridized carbons (Fsp3) is 0.258. The van der Waals surface area contributed by atoms with Crippen LogP contribution in [0.3, 0.4) is 0 Å². The van der Waals surface area contributed by atoms with Crippen LogP contribution < -0.4 is 14.8 Å². The van der Waals surface area contributed by atoms with E-state index in [1.807, 2.05) is 75.4 Å². The van der Waals surface area contributed by atoms with Gasteiger partial charge in [0.25, 0.3) is 0 Å². The van der Waals surface area contributed by atoms with Gasteiger partial charge in [-0.2, -0.15) is 0 Å². The second-order valence-electron chi connectivity index (χ2n) is 8.92. The van der Waals surface area contributed by atoms with Crippen LogP contribution in [0.4, 0.5) is 0 Å². The van der Waals surface area contributed by atoms with Gasteiger partial charge in [0.05, 0.1) is 20.0 Å². The molecule has 1 atom stereocenters. The predicted molar refractivity (Wildman–Crippen MR) is 145 cm³/mol. The number of benzene rings is 3. The van der Waals surface area contributed by atoms with Crippen molar-refractivity contribution in [3.05, 3.63) is 90.2 Å². The number of amides is 1. The molecule has 3 aromatic carbocycles. The van der Waals surface area contributed by atoms with Crippen molar-refractivity contribution in [3.63, 3.8) is 0 Å². The van der Waals surface area contributed by atoms with Gasteiger partial charge in [0, 0.05) is 34.7 Å². The summed E-state index contributed by atoms with van der Waals surface area (Å²) in [6.45, 7) is 6.55. The summed E-state index contributed by atoms with van der Waals surface area (Å²) in [5.41, 5.74) is 5.67. The van der Waals surface area contributed by atoms with E-state index in [1.54, 1.807) is 19.4 Å². The van der Waals surface area contributed by atoms with Crippen LogP contribution in [0, 0.1) is 0 Å². The van der Waals surface area contributed by atoms with E-state index in [2.05, 4.69) is 17.4 Å². The molecule has 1 unspecified atom stereocenters. The quantitative estimate of drug-likeness (QED) is 0.246. The number of carbonyl (C=O) groups excluding carboxylic acids is 1. The Labute approximate surface area is 212 Å². The van der Waals surface area contributed by atoms with Crippen molar-refractivity contribution >= 4 is 22.4 Å². The highest BCUT2D eigenvalue weighted by molar-refractivity contribution is 6.00. The molecule has 0 spiro atoms. The minimum atomic E-state index is -0.117. The van der Waals surface area contributed by atoms with Gasteiger partial charge in [0.1, 0.15) is 17.1 Å². The third kappa shape index (κ3) is 5.98. The second-order valence-corrected chi connectivity index (χ2v) is 8.92. The smallest absolute Gasteiger partial charge is 0.244 e. The van der Waals surface area contributed by atoms with Gasteiger partial charge in [-0.3, -0.25) is 4.79 Å². The summed E-state index contributed by atoms with van der Waals surface area (Å²) in [6.07, 6.45) is 5.19. The number of fused-ring (bicyclic) bond motifs is 1. The number of furan rings is 1. The van der Waals surface area contributed by atoms with Crippen LogP contribution in [0.2, 0.25) is 0 Å². The normalized spacial score (nSPS) is 12.4. The third-order valence-corrected chi connectivity index (χ3v) is 6.24. The van der Waals surface area contributed by atoms with Crippen LogP contribution in [0.25, 0.3) is 27.7 Å². The highest BCUT2D eigenvalue weighted by atomic mass is 16.5. The zero-order valence-corrected chi connectivity index (χ0v) is 21.3. The van der Waals surface area contributed by atoms with Crippen molar-refractivity contribution in [1.29, 1.82) is 0 Å². The van der Waals surface area contributed by atoms with Crippen molar-refractivity contribution in [2.45, 2.75) is 39.7 Å². The van der Waals surface area contributed by atoms with Crippen LogP contribution in [-0.4, -0.2) is 25.7 Å². The number of hydrogen-bond donors (Lipinski definition) is 1. The van der Waals surface area contributed by atoms with Gasteiger partial charge >= 0.3 is 0 Å². The SMILES string of the molecule is CCOc1ccc(-c2coc3cc(OC)c(/C(C)=C/C(=O)NC(C)CCc4ccccc4)cc23)cc1. The van der Waals surface area contributed by atoms with Crippen molar-refractivity contribution in [2.75, 3.05) is 13.7 Å². The molecule has 1 aromatic heterocycles. The number of allylic oxidation sites excluding steroid dienone is 1. The first-order valence-electron chi connectivity index (χ1n) is 12.3. The Morgan fingerprint density at radius 1 is 1.08 bits per heavy atom. The summed E-state index contributed by atoms with van der Waals surface area (Å²) in [5.74, 6) is 1.38. The molecular formula is C31H33NO4. The number of carbonyl (C=O) groups is 1. The van der Waals surface area contributed by atoms with Crippen LogP contribution >= 0.6 is 0 Å². The number of rotatable bonds is 10. The minimum absolute atomic E-state index is 0.0614. The number of hydrogen-bond acceptors (Lipinski definition) is 4. The summed E-state index contributed by atoms with van der Waals surface area (Å²) >= 11 is 0. The highest BCUT2D eigenvalue weighted by Gasteiger charge is 2.15. The zero-order chi connectivity index (χ0) is 25.5. The molecule has 1 amide bonds. The van der Waals surface area contributed by atoms with Gasteiger partial charge in [0.2, 0.25) is 5.91 Å². The maximum absolute atomic E-state index is 12.8. The summed E-state index contributed by atoms with van der Waals surface area (Å²) in [7, 11) is 1.62. The maximum atomic E-state index is 12.8. The summed E-state index contributed by atoms with van der Waals surface area (Å²) in [6, 6.07) is 22.2. The zero-order valence-electron chi connectivity index (χ0n) is 21.3. The summed E-state index contributed by atoms with van der Waals surface area (Å²) in [4.78, 5) is 12.8. The lowest BCUT2D eigenvalue weighted by Crippen LogP contribution is -2.31. The van der Waals surface area contributed by atoms with E-state index in [-0.39, 0.29) is 11.9 Å². The van der Waals surface area contributed by atoms with Gasteiger partial charge in [-0.15, -0.1) is 0 Å². The lowest BCUT2D eigenvalue weighted by Gasteiger charge is -2.14. The third-order valence-electron chi connectivity index (χ3n) is 6.24. The van der Waals surface area contributed by atoms with Crippen LogP contribution in [-0.2, 0) is 11.2 Å². The maximum Gasteiger partial charge on any atom is 0.244 e. The van der Waals surface area contributed by atoms with E-state index < -0.39 is 0 Å². The Morgan fingerprint density at radius 3 is 2.53 bits per heavy atom. The Morgan fingerprint density at radius 2 is 1.83 bits per heavy atom. The molecule has 5 heteroatoms. The van der Waals surface area contributed by atoms with Gasteiger partial charge in [-0.1, -0.05) is 42.5 Å². The van der Waals surface area contributed by atoms with E-state index in [0.29, 0.717) is 12.4 Å². The molecule has 36 heavy (non-hydrogen) atoms. The van der Waals surface area contributed by atoms with Gasteiger partial charge in [-0.05, 0) is 68.5 Å². The lowest BCUT2D eigenvalue weighted by atomic mass is 9.99. The minimum Gasteiger partial charge on any atom is -0.496 e. The van der Waals surface area contributed by atoms with Crippen LogP contribution in [0.5, 0.6) is 11.5 Å². The van der Waals surface area contributed by atoms with Crippen LogP contribution in [0.15, 0.2) is 83.5 Å². The first kappa shape index (κ1) is 25.1. The first-order valence-corrected chi connectivity index (χ1v) is 12.3. The molecule has 0 aliphatic rings. The molecule has 0 saturated carbocycles. The number of methoxy groups -OCH3 is 1. The van der Waals surface area contributed by atoms with Crippen molar-refractivity contribution in [2.24, 2.45) is 0 Å². The summed E-state index contributed by atoms with van der Waals surface area (Å²) < 4.78 is 17.0. The number of ether oxygens (including phenoxy) is 2. The average Bonchev–Trinajstić information content (AvgIpc) is 3.30. The fourth-order valence-corrected chi connectivity index (χ4v) is 4.31. The first-order chi connectivity index (χ1) is 17.5. The van der Waals surface area contributed by atoms with Crippen LogP contribution in [0.1, 0.15) is 38.3 Å². The Bertz CT molecular complexity index is 1340. The molecule has 0 radical (unpaired) electrons. The Balaban J connectivity index is 1.53. The Kier molecular flexibility index (Phi) is 8.11. The highest BCUT2D eigenvalue weighted by Crippen LogP contribution is 2.37. The monoisotopic (exact) mass is 483 g/mol. The van der Waals surface area contributed by atoms with Gasteiger partial charge in [0.15, 0.2) is 0 Å². The van der Waals surface area contributed by atoms with Gasteiger partial charge in [-0.25, -0.2) is 0 Å². The topological polar surface area (TPSA) is 60.7 Å². The van der Waals surface area contributed by atoms with E-state index in [1.165, 1.54) is 5.56 Å². The molecule has 0 fully saturated rings. The van der Waals surface area contributed by atoms with E-state index >= 15 is 0 Å². The number of nitrogens with one attached hydrogen (secondary N) is 1. The molecule has 5 nitrogen and oxygen atoms in total. The fourth-order valence-electron chi connectivity index (χ4n) is 4.31. The Hall–Kier alpha value is -3.99. The van der Waals surface area contributed by atoms with Crippen molar-refractivity contribution in [3.8, 4) is 22.6 Å². The largest absolute Gasteiger partial charge is 0.496 e. The predicted octanol–water partition coefficient (Wildman–Crippen LogP) is 7.05. The molecule has 186 valence electrons. The van der Waals surface area contributed by atoms with Crippen molar-refractivity contribution in [1.82, 2.24) is 5.32 Å². The molecule has 4 aromatic rings. The van der Waals surface area contributed by atoms with E-state index in [9.17, 15) is 4.79 Å². The molecule has 1 N–H and O–H groups in total. The molecule has 0 aliphatic carbocycles. The number of aryl methyl sites for hydroxylation is 1.